The molecule has 4 nitrogen and oxygen atoms in total. The van der Waals surface area contributed by atoms with Crippen LogP contribution in [0.4, 0.5) is 0 Å². The maximum absolute atomic E-state index is 9.04. The molecule has 58 valence electrons. The van der Waals surface area contributed by atoms with E-state index < -0.39 is 6.10 Å². The molecule has 1 heterocycles. The van der Waals surface area contributed by atoms with Gasteiger partial charge in [-0.3, -0.25) is 0 Å². The predicted octanol–water partition coefficient (Wildman–Crippen LogP) is -0.843. The first-order valence-corrected chi connectivity index (χ1v) is 3.20. The molecule has 0 spiro atoms. The summed E-state index contributed by atoms with van der Waals surface area (Å²) in [6.07, 6.45) is -0.780. The van der Waals surface area contributed by atoms with Crippen LogP contribution in [0.5, 0.6) is 0 Å². The maximum Gasteiger partial charge on any atom is 0.180 e. The van der Waals surface area contributed by atoms with Gasteiger partial charge in [-0.1, -0.05) is 0 Å². The topological polar surface area (TPSA) is 62.1 Å². The van der Waals surface area contributed by atoms with Crippen LogP contribution in [-0.2, 0) is 4.74 Å². The summed E-state index contributed by atoms with van der Waals surface area (Å²) < 4.78 is 4.97. The van der Waals surface area contributed by atoms with Crippen LogP contribution in [0.3, 0.4) is 0 Å². The van der Waals surface area contributed by atoms with Crippen molar-refractivity contribution in [1.82, 2.24) is 0 Å². The van der Waals surface area contributed by atoms with E-state index >= 15 is 0 Å². The summed E-state index contributed by atoms with van der Waals surface area (Å²) in [5, 5.41) is 17.5. The second kappa shape index (κ2) is 2.98. The van der Waals surface area contributed by atoms with Crippen LogP contribution in [0, 0.1) is 0 Å². The van der Waals surface area contributed by atoms with Gasteiger partial charge in [0.2, 0.25) is 0 Å². The van der Waals surface area contributed by atoms with E-state index in [9.17, 15) is 0 Å². The zero-order chi connectivity index (χ0) is 7.56. The number of aliphatic imine (C=N–C) groups is 1. The van der Waals surface area contributed by atoms with E-state index in [1.165, 1.54) is 0 Å². The molecule has 10 heavy (non-hydrogen) atoms. The van der Waals surface area contributed by atoms with Gasteiger partial charge in [-0.05, 0) is 0 Å². The molecular weight excluding hydrogens is 134 g/mol. The van der Waals surface area contributed by atoms with Crippen LogP contribution in [0.2, 0.25) is 0 Å². The monoisotopic (exact) mass is 145 g/mol. The number of aliphatic hydroxyl groups is 2. The number of aliphatic hydroxyl groups excluding tert-OH is 2. The number of ether oxygens (including phenoxy) is 1. The summed E-state index contributed by atoms with van der Waals surface area (Å²) >= 11 is 0. The summed E-state index contributed by atoms with van der Waals surface area (Å²) in [7, 11) is 0. The second-order valence-corrected chi connectivity index (χ2v) is 2.28. The molecule has 0 unspecified atom stereocenters. The van der Waals surface area contributed by atoms with Crippen molar-refractivity contribution in [3.63, 3.8) is 0 Å². The minimum Gasteiger partial charge on any atom is -0.479 e. The highest BCUT2D eigenvalue weighted by Crippen LogP contribution is 2.07. The van der Waals surface area contributed by atoms with Crippen LogP contribution < -0.4 is 0 Å². The first-order valence-electron chi connectivity index (χ1n) is 3.20. The Balaban J connectivity index is 2.44. The molecule has 0 aliphatic carbocycles. The van der Waals surface area contributed by atoms with Crippen molar-refractivity contribution < 1.29 is 14.9 Å². The molecule has 0 bridgehead atoms. The van der Waals surface area contributed by atoms with Crippen molar-refractivity contribution in [3.05, 3.63) is 0 Å². The lowest BCUT2D eigenvalue weighted by Gasteiger charge is -2.09. The van der Waals surface area contributed by atoms with Gasteiger partial charge in [-0.25, -0.2) is 4.99 Å². The average Bonchev–Trinajstić information content (AvgIpc) is 2.34. The summed E-state index contributed by atoms with van der Waals surface area (Å²) in [6, 6.07) is -0.273. The van der Waals surface area contributed by atoms with Crippen molar-refractivity contribution in [2.75, 3.05) is 13.2 Å². The van der Waals surface area contributed by atoms with Crippen molar-refractivity contribution in [3.8, 4) is 0 Å². The van der Waals surface area contributed by atoms with Crippen molar-refractivity contribution in [1.29, 1.82) is 0 Å². The highest BCUT2D eigenvalue weighted by atomic mass is 16.5. The van der Waals surface area contributed by atoms with Gasteiger partial charge in [0.1, 0.15) is 18.8 Å². The summed E-state index contributed by atoms with van der Waals surface area (Å²) in [6.45, 7) is 1.85. The molecule has 0 radical (unpaired) electrons. The molecule has 0 fully saturated rings. The Kier molecular flexibility index (Phi) is 2.24. The Labute approximate surface area is 59.2 Å². The van der Waals surface area contributed by atoms with Crippen molar-refractivity contribution >= 4 is 5.90 Å². The van der Waals surface area contributed by atoms with E-state index in [4.69, 9.17) is 14.9 Å². The molecule has 2 N–H and O–H groups in total. The van der Waals surface area contributed by atoms with Crippen molar-refractivity contribution in [2.24, 2.45) is 4.99 Å². The minimum absolute atomic E-state index is 0.259. The average molecular weight is 145 g/mol. The zero-order valence-corrected chi connectivity index (χ0v) is 5.82. The number of rotatable bonds is 2. The second-order valence-electron chi connectivity index (χ2n) is 2.28. The molecule has 0 aromatic carbocycles. The van der Waals surface area contributed by atoms with Gasteiger partial charge >= 0.3 is 0 Å². The molecule has 2 atom stereocenters. The molecule has 0 saturated carbocycles. The smallest absolute Gasteiger partial charge is 0.180 e. The molecule has 0 saturated heterocycles. The van der Waals surface area contributed by atoms with E-state index in [1.807, 2.05) is 0 Å². The standard InChI is InChI=1S/C6H11NO3/c1-4-7-5(3-10-4)6(9)2-8/h5-6,8-9H,2-3H2,1H3/t5-,6+/m0/s1. The van der Waals surface area contributed by atoms with E-state index in [2.05, 4.69) is 4.99 Å². The highest BCUT2D eigenvalue weighted by Gasteiger charge is 2.23. The lowest BCUT2D eigenvalue weighted by molar-refractivity contribution is 0.0666. The SMILES string of the molecule is CC1=N[C@H]([C@H](O)CO)CO1. The number of hydrogen-bond donors (Lipinski definition) is 2. The minimum atomic E-state index is -0.780. The van der Waals surface area contributed by atoms with Crippen LogP contribution >= 0.6 is 0 Å². The lowest BCUT2D eigenvalue weighted by Crippen LogP contribution is -2.28. The molecule has 0 aromatic heterocycles. The fourth-order valence-corrected chi connectivity index (χ4v) is 0.833. The molecule has 0 aromatic rings. The summed E-state index contributed by atoms with van der Waals surface area (Å²) in [4.78, 5) is 3.94. The van der Waals surface area contributed by atoms with E-state index in [1.54, 1.807) is 6.92 Å². The zero-order valence-electron chi connectivity index (χ0n) is 5.82. The van der Waals surface area contributed by atoms with E-state index in [0.717, 1.165) is 0 Å². The van der Waals surface area contributed by atoms with Gasteiger partial charge in [-0.2, -0.15) is 0 Å². The molecule has 4 heteroatoms. The van der Waals surface area contributed by atoms with Crippen LogP contribution in [0.15, 0.2) is 4.99 Å². The van der Waals surface area contributed by atoms with E-state index in [0.29, 0.717) is 12.5 Å². The Bertz CT molecular complexity index is 146. The highest BCUT2D eigenvalue weighted by molar-refractivity contribution is 5.74. The predicted molar refractivity (Wildman–Crippen MR) is 35.9 cm³/mol. The van der Waals surface area contributed by atoms with E-state index in [-0.39, 0.29) is 12.6 Å². The Hall–Kier alpha value is -0.610. The fraction of sp³-hybridized carbons (Fsp3) is 0.833. The normalized spacial score (nSPS) is 27.5. The first kappa shape index (κ1) is 7.50. The van der Waals surface area contributed by atoms with Crippen LogP contribution in [-0.4, -0.2) is 41.5 Å². The number of hydrogen-bond acceptors (Lipinski definition) is 4. The molecule has 1 rings (SSSR count). The van der Waals surface area contributed by atoms with Crippen molar-refractivity contribution in [2.45, 2.75) is 19.1 Å². The molecule has 1 aliphatic heterocycles. The third-order valence-electron chi connectivity index (χ3n) is 1.44. The van der Waals surface area contributed by atoms with Gasteiger partial charge in [0, 0.05) is 6.92 Å². The molecule has 0 amide bonds. The van der Waals surface area contributed by atoms with Crippen LogP contribution in [0.1, 0.15) is 6.92 Å². The Morgan fingerprint density at radius 1 is 1.90 bits per heavy atom. The maximum atomic E-state index is 9.04. The lowest BCUT2D eigenvalue weighted by atomic mass is 10.2. The Morgan fingerprint density at radius 3 is 3.00 bits per heavy atom. The van der Waals surface area contributed by atoms with Gasteiger partial charge in [0.25, 0.3) is 0 Å². The van der Waals surface area contributed by atoms with Crippen LogP contribution in [0.25, 0.3) is 0 Å². The van der Waals surface area contributed by atoms with Gasteiger partial charge in [-0.15, -0.1) is 0 Å². The van der Waals surface area contributed by atoms with Gasteiger partial charge < -0.3 is 14.9 Å². The quantitative estimate of drug-likeness (QED) is 0.532. The van der Waals surface area contributed by atoms with Gasteiger partial charge in [0.15, 0.2) is 5.90 Å². The summed E-state index contributed by atoms with van der Waals surface area (Å²) in [5.74, 6) is 0.581. The third-order valence-corrected chi connectivity index (χ3v) is 1.44. The third kappa shape index (κ3) is 1.46. The summed E-state index contributed by atoms with van der Waals surface area (Å²) in [5.41, 5.74) is 0. The molecular formula is C6H11NO3. The fourth-order valence-electron chi connectivity index (χ4n) is 0.833. The molecule has 1 aliphatic rings. The van der Waals surface area contributed by atoms with Gasteiger partial charge in [0.05, 0.1) is 6.61 Å². The Morgan fingerprint density at radius 2 is 2.60 bits per heavy atom. The largest absolute Gasteiger partial charge is 0.479 e. The number of nitrogens with zero attached hydrogens (tertiary/aromatic N) is 1. The first-order chi connectivity index (χ1) is 4.74.